The van der Waals surface area contributed by atoms with Crippen molar-refractivity contribution >= 4 is 11.7 Å². The summed E-state index contributed by atoms with van der Waals surface area (Å²) in [6.45, 7) is 0. The van der Waals surface area contributed by atoms with Crippen molar-refractivity contribution in [3.8, 4) is 0 Å². The summed E-state index contributed by atoms with van der Waals surface area (Å²) in [6, 6.07) is 0. The van der Waals surface area contributed by atoms with Crippen LogP contribution in [-0.4, -0.2) is 16.9 Å². The summed E-state index contributed by atoms with van der Waals surface area (Å²) in [7, 11) is 0. The van der Waals surface area contributed by atoms with Gasteiger partial charge in [-0.1, -0.05) is 37.3 Å². The topological polar surface area (TPSA) is 72.7 Å². The number of aliphatic carboxylic acids is 1. The van der Waals surface area contributed by atoms with Crippen molar-refractivity contribution in [2.75, 3.05) is 0 Å². The number of carboxylic acid groups (broad SMARTS) is 1. The van der Waals surface area contributed by atoms with Crippen LogP contribution in [0, 0.1) is 5.92 Å². The van der Waals surface area contributed by atoms with E-state index in [0.717, 1.165) is 25.7 Å². The van der Waals surface area contributed by atoms with Crippen molar-refractivity contribution in [1.29, 1.82) is 0 Å². The maximum atomic E-state index is 10.4. The fourth-order valence-electron chi connectivity index (χ4n) is 1.83. The molecule has 1 saturated carbocycles. The van der Waals surface area contributed by atoms with Crippen molar-refractivity contribution in [3.05, 3.63) is 0 Å². The van der Waals surface area contributed by atoms with E-state index in [1.165, 1.54) is 6.42 Å². The predicted molar refractivity (Wildman–Crippen MR) is 45.4 cm³/mol. The molecule has 0 bridgehead atoms. The van der Waals surface area contributed by atoms with Crippen LogP contribution in [0.2, 0.25) is 0 Å². The van der Waals surface area contributed by atoms with Crippen molar-refractivity contribution in [2.45, 2.75) is 38.5 Å². The Kier molecular flexibility index (Phi) is 6.68. The Morgan fingerprint density at radius 1 is 1.36 bits per heavy atom. The molecule has 0 atom stereocenters. The monoisotopic (exact) mass is 191 g/mol. The Labute approximate surface area is 95.5 Å². The minimum atomic E-state index is -1.35. The van der Waals surface area contributed by atoms with E-state index in [9.17, 15) is 9.90 Å². The maximum absolute atomic E-state index is 10.4. The zero-order valence-corrected chi connectivity index (χ0v) is 8.53. The van der Waals surface area contributed by atoms with Gasteiger partial charge in [-0.3, -0.25) is 0 Å². The van der Waals surface area contributed by atoms with Gasteiger partial charge in [0.15, 0.2) is 0 Å². The molecule has 0 aromatic heterocycles. The summed E-state index contributed by atoms with van der Waals surface area (Å²) in [4.78, 5) is 10.4. The number of carbonyl (C=O) groups is 1. The van der Waals surface area contributed by atoms with Crippen LogP contribution < -0.4 is 24.0 Å². The molecule has 0 unspecified atom stereocenters. The zero-order chi connectivity index (χ0) is 9.68. The second-order valence-corrected chi connectivity index (χ2v) is 3.54. The first-order valence-corrected chi connectivity index (χ1v) is 4.66. The molecular weight excluding hydrogens is 177 g/mol. The fourth-order valence-corrected chi connectivity index (χ4v) is 1.83. The third-order valence-electron chi connectivity index (χ3n) is 2.56. The van der Waals surface area contributed by atoms with Crippen LogP contribution >= 0.6 is 0 Å². The molecule has 1 aliphatic carbocycles. The molecule has 1 rings (SSSR count). The third kappa shape index (κ3) is 4.17. The summed E-state index contributed by atoms with van der Waals surface area (Å²) in [5.41, 5.74) is -0.216. The van der Waals surface area contributed by atoms with Gasteiger partial charge < -0.3 is 15.1 Å². The molecule has 1 aliphatic rings. The third-order valence-corrected chi connectivity index (χ3v) is 2.56. The van der Waals surface area contributed by atoms with Crippen molar-refractivity contribution in [2.24, 2.45) is 11.1 Å². The van der Waals surface area contributed by atoms with Crippen LogP contribution in [0.25, 0.3) is 0 Å². The standard InChI is InChI=1S/C9H15NO3.Li/c11-9(12)8(10-13)6-7-4-2-1-3-5-7;/h7,13H,1-6H2,(H,11,12);/q;+1/p-1/b10-8-;. The van der Waals surface area contributed by atoms with Crippen molar-refractivity contribution < 1.29 is 34.0 Å². The van der Waals surface area contributed by atoms with Gasteiger partial charge in [0.05, 0.1) is 5.97 Å². The first-order valence-electron chi connectivity index (χ1n) is 4.66. The zero-order valence-electron chi connectivity index (χ0n) is 8.53. The molecule has 0 aliphatic heterocycles. The smallest absolute Gasteiger partial charge is 0.543 e. The fraction of sp³-hybridized carbons (Fsp3) is 0.778. The molecule has 4 nitrogen and oxygen atoms in total. The van der Waals surface area contributed by atoms with Crippen LogP contribution in [0.5, 0.6) is 0 Å². The van der Waals surface area contributed by atoms with E-state index in [1.807, 2.05) is 0 Å². The normalized spacial score (nSPS) is 18.7. The van der Waals surface area contributed by atoms with Gasteiger partial charge in [0, 0.05) is 0 Å². The molecule has 0 amide bonds. The molecule has 1 fully saturated rings. The number of rotatable bonds is 3. The molecular formula is C9H14LiNO3. The van der Waals surface area contributed by atoms with E-state index < -0.39 is 5.97 Å². The van der Waals surface area contributed by atoms with Crippen LogP contribution in [-0.2, 0) is 4.79 Å². The van der Waals surface area contributed by atoms with Gasteiger partial charge in [-0.15, -0.1) is 0 Å². The Morgan fingerprint density at radius 3 is 2.36 bits per heavy atom. The molecule has 0 radical (unpaired) electrons. The first kappa shape index (κ1) is 13.5. The van der Waals surface area contributed by atoms with E-state index in [2.05, 4.69) is 5.16 Å². The molecule has 0 aromatic rings. The van der Waals surface area contributed by atoms with Gasteiger partial charge in [-0.05, 0) is 12.3 Å². The van der Waals surface area contributed by atoms with E-state index in [0.29, 0.717) is 12.3 Å². The second kappa shape index (κ2) is 6.91. The van der Waals surface area contributed by atoms with Gasteiger partial charge in [0.2, 0.25) is 0 Å². The summed E-state index contributed by atoms with van der Waals surface area (Å²) in [5.74, 6) is -0.995. The number of oxime groups is 1. The largest absolute Gasteiger partial charge is 1.00 e. The maximum Gasteiger partial charge on any atom is 1.00 e. The van der Waals surface area contributed by atoms with Gasteiger partial charge in [-0.2, -0.15) is 0 Å². The van der Waals surface area contributed by atoms with Gasteiger partial charge in [0.25, 0.3) is 0 Å². The van der Waals surface area contributed by atoms with Crippen molar-refractivity contribution in [1.82, 2.24) is 0 Å². The number of nitrogens with zero attached hydrogens (tertiary/aromatic N) is 1. The predicted octanol–water partition coefficient (Wildman–Crippen LogP) is -2.46. The summed E-state index contributed by atoms with van der Waals surface area (Å²) < 4.78 is 0. The molecule has 0 spiro atoms. The van der Waals surface area contributed by atoms with Gasteiger partial charge in [-0.25, -0.2) is 0 Å². The number of carbonyl (C=O) groups excluding carboxylic acids is 1. The summed E-state index contributed by atoms with van der Waals surface area (Å²) in [5, 5.41) is 21.5. The van der Waals surface area contributed by atoms with E-state index in [1.54, 1.807) is 0 Å². The summed E-state index contributed by atoms with van der Waals surface area (Å²) >= 11 is 0. The van der Waals surface area contributed by atoms with Gasteiger partial charge >= 0.3 is 18.9 Å². The van der Waals surface area contributed by atoms with E-state index in [-0.39, 0.29) is 24.6 Å². The molecule has 74 valence electrons. The summed E-state index contributed by atoms with van der Waals surface area (Å²) in [6.07, 6.45) is 5.94. The second-order valence-electron chi connectivity index (χ2n) is 3.54. The number of hydrogen-bond acceptors (Lipinski definition) is 4. The average molecular weight is 191 g/mol. The van der Waals surface area contributed by atoms with Crippen molar-refractivity contribution in [3.63, 3.8) is 0 Å². The molecule has 5 heteroatoms. The molecule has 0 heterocycles. The van der Waals surface area contributed by atoms with Crippen LogP contribution in [0.3, 0.4) is 0 Å². The molecule has 0 aromatic carbocycles. The molecule has 14 heavy (non-hydrogen) atoms. The Balaban J connectivity index is 0.00000169. The SMILES string of the molecule is O=C([O-])/C(CC1CCCCC1)=N\O.[Li+]. The first-order chi connectivity index (χ1) is 6.24. The Bertz CT molecular complexity index is 212. The van der Waals surface area contributed by atoms with Crippen LogP contribution in [0.15, 0.2) is 5.16 Å². The Morgan fingerprint density at radius 2 is 1.93 bits per heavy atom. The number of hydrogen-bond donors (Lipinski definition) is 1. The minimum absolute atomic E-state index is 0. The molecule has 0 saturated heterocycles. The van der Waals surface area contributed by atoms with Crippen LogP contribution in [0.1, 0.15) is 38.5 Å². The Hall–Kier alpha value is -0.463. The number of carboxylic acids is 1. The van der Waals surface area contributed by atoms with Gasteiger partial charge in [0.1, 0.15) is 5.71 Å². The van der Waals surface area contributed by atoms with Crippen LogP contribution in [0.4, 0.5) is 0 Å². The van der Waals surface area contributed by atoms with E-state index in [4.69, 9.17) is 5.21 Å². The van der Waals surface area contributed by atoms with E-state index >= 15 is 0 Å². The quantitative estimate of drug-likeness (QED) is 0.233. The average Bonchev–Trinajstić information content (AvgIpc) is 2.15. The molecule has 1 N–H and O–H groups in total. The minimum Gasteiger partial charge on any atom is -0.543 e.